The first-order valence-electron chi connectivity index (χ1n) is 11.1. The fraction of sp³-hybridized carbons (Fsp3) is 0.407. The summed E-state index contributed by atoms with van der Waals surface area (Å²) in [6, 6.07) is 14.6. The number of nitriles is 1. The molecule has 4 nitrogen and oxygen atoms in total. The van der Waals surface area contributed by atoms with Crippen molar-refractivity contribution in [3.8, 4) is 6.07 Å². The van der Waals surface area contributed by atoms with Crippen molar-refractivity contribution in [2.24, 2.45) is 11.1 Å². The maximum atomic E-state index is 13.6. The second kappa shape index (κ2) is 7.64. The molecular weight excluding hydrogens is 414 g/mol. The van der Waals surface area contributed by atoms with Crippen LogP contribution in [0, 0.1) is 23.7 Å². The van der Waals surface area contributed by atoms with Crippen LogP contribution in [0.25, 0.3) is 0 Å². The minimum atomic E-state index is -0.402. The zero-order chi connectivity index (χ0) is 23.4. The first-order valence-corrected chi connectivity index (χ1v) is 11.9. The van der Waals surface area contributed by atoms with E-state index in [1.54, 1.807) is 11.3 Å². The standard InChI is InChI=1S/C27H31N3OS/c1-16-8-7-9-17(12-16)30-19-13-27(5,6)14-20(31)24(19)23(18(15-28)25(30)29)21-10-11-22(32-21)26(2,3)4/h7-12,23H,13-14,29H2,1-6H3/t23-/m1/s1. The van der Waals surface area contributed by atoms with Crippen LogP contribution >= 0.6 is 11.3 Å². The van der Waals surface area contributed by atoms with Crippen molar-refractivity contribution in [2.45, 2.75) is 65.7 Å². The van der Waals surface area contributed by atoms with Gasteiger partial charge in [-0.2, -0.15) is 5.26 Å². The van der Waals surface area contributed by atoms with Gasteiger partial charge in [-0.25, -0.2) is 0 Å². The first kappa shape index (κ1) is 22.4. The third kappa shape index (κ3) is 3.78. The average molecular weight is 446 g/mol. The van der Waals surface area contributed by atoms with E-state index in [0.717, 1.165) is 33.8 Å². The van der Waals surface area contributed by atoms with Gasteiger partial charge in [-0.1, -0.05) is 46.8 Å². The largest absolute Gasteiger partial charge is 0.384 e. The predicted molar refractivity (Wildman–Crippen MR) is 131 cm³/mol. The molecule has 0 spiro atoms. The molecule has 166 valence electrons. The molecule has 1 atom stereocenters. The van der Waals surface area contributed by atoms with E-state index in [4.69, 9.17) is 5.73 Å². The van der Waals surface area contributed by atoms with Crippen LogP contribution < -0.4 is 10.6 Å². The number of hydrogen-bond acceptors (Lipinski definition) is 5. The lowest BCUT2D eigenvalue weighted by Gasteiger charge is -2.43. The number of carbonyl (C=O) groups is 1. The molecule has 1 aliphatic carbocycles. The van der Waals surface area contributed by atoms with E-state index in [-0.39, 0.29) is 16.6 Å². The number of anilines is 1. The summed E-state index contributed by atoms with van der Waals surface area (Å²) in [4.78, 5) is 17.8. The predicted octanol–water partition coefficient (Wildman–Crippen LogP) is 6.29. The highest BCUT2D eigenvalue weighted by Gasteiger charge is 2.45. The summed E-state index contributed by atoms with van der Waals surface area (Å²) in [5, 5.41) is 10.2. The van der Waals surface area contributed by atoms with Crippen molar-refractivity contribution >= 4 is 22.8 Å². The monoisotopic (exact) mass is 445 g/mol. The number of allylic oxidation sites excluding steroid dienone is 3. The average Bonchev–Trinajstić information content (AvgIpc) is 3.16. The molecule has 0 saturated heterocycles. The highest BCUT2D eigenvalue weighted by Crippen LogP contribution is 2.51. The number of ketones is 1. The Hall–Kier alpha value is -2.84. The number of nitrogens with zero attached hydrogens (tertiary/aromatic N) is 2. The van der Waals surface area contributed by atoms with Gasteiger partial charge < -0.3 is 5.73 Å². The van der Waals surface area contributed by atoms with Crippen LogP contribution in [0.5, 0.6) is 0 Å². The lowest BCUT2D eigenvalue weighted by atomic mass is 9.69. The number of hydrogen-bond donors (Lipinski definition) is 1. The molecule has 1 aromatic heterocycles. The van der Waals surface area contributed by atoms with Gasteiger partial charge in [0.1, 0.15) is 5.82 Å². The molecule has 2 aromatic rings. The number of rotatable bonds is 2. The van der Waals surface area contributed by atoms with Crippen LogP contribution in [-0.2, 0) is 10.2 Å². The first-order chi connectivity index (χ1) is 14.9. The van der Waals surface area contributed by atoms with Crippen molar-refractivity contribution in [2.75, 3.05) is 4.90 Å². The topological polar surface area (TPSA) is 70.1 Å². The highest BCUT2D eigenvalue weighted by molar-refractivity contribution is 7.12. The Morgan fingerprint density at radius 2 is 1.91 bits per heavy atom. The minimum absolute atomic E-state index is 0.00300. The Labute approximate surface area is 195 Å². The van der Waals surface area contributed by atoms with Gasteiger partial charge in [0, 0.05) is 33.1 Å². The Bertz CT molecular complexity index is 1200. The van der Waals surface area contributed by atoms with Crippen molar-refractivity contribution in [1.82, 2.24) is 0 Å². The molecule has 0 bridgehead atoms. The highest BCUT2D eigenvalue weighted by atomic mass is 32.1. The molecule has 1 aromatic carbocycles. The van der Waals surface area contributed by atoms with Crippen molar-refractivity contribution in [3.05, 3.63) is 74.4 Å². The van der Waals surface area contributed by atoms with Crippen LogP contribution in [0.4, 0.5) is 5.69 Å². The summed E-state index contributed by atoms with van der Waals surface area (Å²) in [7, 11) is 0. The molecule has 1 aliphatic heterocycles. The van der Waals surface area contributed by atoms with Gasteiger partial charge in [-0.15, -0.1) is 11.3 Å². The van der Waals surface area contributed by atoms with Crippen molar-refractivity contribution < 1.29 is 4.79 Å². The summed E-state index contributed by atoms with van der Waals surface area (Å²) in [6.45, 7) is 12.8. The maximum Gasteiger partial charge on any atom is 0.162 e. The second-order valence-corrected chi connectivity index (χ2v) is 11.9. The Kier molecular flexibility index (Phi) is 5.33. The van der Waals surface area contributed by atoms with Gasteiger partial charge in [0.25, 0.3) is 0 Å². The zero-order valence-electron chi connectivity index (χ0n) is 19.7. The normalized spacial score (nSPS) is 21.0. The Morgan fingerprint density at radius 1 is 1.19 bits per heavy atom. The quantitative estimate of drug-likeness (QED) is 0.589. The number of carbonyl (C=O) groups excluding carboxylic acids is 1. The molecule has 0 amide bonds. The van der Waals surface area contributed by atoms with E-state index in [1.807, 2.05) is 30.0 Å². The van der Waals surface area contributed by atoms with Crippen LogP contribution in [0.3, 0.4) is 0 Å². The third-order valence-electron chi connectivity index (χ3n) is 6.29. The summed E-state index contributed by atoms with van der Waals surface area (Å²) < 4.78 is 0. The summed E-state index contributed by atoms with van der Waals surface area (Å²) >= 11 is 1.68. The molecular formula is C27H31N3OS. The number of benzene rings is 1. The van der Waals surface area contributed by atoms with E-state index in [2.05, 4.69) is 58.9 Å². The number of Topliss-reactive ketones (excluding diaryl/α,β-unsaturated/α-hetero) is 1. The molecule has 32 heavy (non-hydrogen) atoms. The fourth-order valence-electron chi connectivity index (χ4n) is 4.77. The number of thiophene rings is 1. The summed E-state index contributed by atoms with van der Waals surface area (Å²) in [6.07, 6.45) is 1.20. The van der Waals surface area contributed by atoms with Gasteiger partial charge in [0.2, 0.25) is 0 Å². The SMILES string of the molecule is Cc1cccc(N2C(N)=C(C#N)[C@H](c3ccc(C(C)(C)C)s3)C3=C2CC(C)(C)CC3=O)c1. The van der Waals surface area contributed by atoms with Crippen LogP contribution in [0.1, 0.15) is 68.7 Å². The number of aryl methyl sites for hydroxylation is 1. The van der Waals surface area contributed by atoms with Crippen LogP contribution in [-0.4, -0.2) is 5.78 Å². The van der Waals surface area contributed by atoms with Crippen LogP contribution in [0.15, 0.2) is 59.1 Å². The van der Waals surface area contributed by atoms with Gasteiger partial charge >= 0.3 is 0 Å². The second-order valence-electron chi connectivity index (χ2n) is 10.8. The Balaban J connectivity index is 1.98. The molecule has 5 heteroatoms. The molecule has 0 unspecified atom stereocenters. The van der Waals surface area contributed by atoms with Crippen molar-refractivity contribution in [3.63, 3.8) is 0 Å². The van der Waals surface area contributed by atoms with E-state index in [1.165, 1.54) is 4.88 Å². The van der Waals surface area contributed by atoms with E-state index in [0.29, 0.717) is 17.8 Å². The molecule has 0 saturated carbocycles. The van der Waals surface area contributed by atoms with Crippen LogP contribution in [0.2, 0.25) is 0 Å². The molecule has 2 N–H and O–H groups in total. The van der Waals surface area contributed by atoms with Crippen molar-refractivity contribution in [1.29, 1.82) is 5.26 Å². The smallest absolute Gasteiger partial charge is 0.162 e. The van der Waals surface area contributed by atoms with E-state index in [9.17, 15) is 10.1 Å². The van der Waals surface area contributed by atoms with Gasteiger partial charge in [0.05, 0.1) is 17.6 Å². The third-order valence-corrected chi connectivity index (χ3v) is 7.87. The molecule has 0 radical (unpaired) electrons. The summed E-state index contributed by atoms with van der Waals surface area (Å²) in [5.41, 5.74) is 10.7. The minimum Gasteiger partial charge on any atom is -0.384 e. The summed E-state index contributed by atoms with van der Waals surface area (Å²) in [5.74, 6) is 0.142. The maximum absolute atomic E-state index is 13.6. The lowest BCUT2D eigenvalue weighted by molar-refractivity contribution is -0.118. The zero-order valence-corrected chi connectivity index (χ0v) is 20.6. The molecule has 2 aliphatic rings. The van der Waals surface area contributed by atoms with E-state index >= 15 is 0 Å². The molecule has 0 fully saturated rings. The molecule has 4 rings (SSSR count). The number of nitrogens with two attached hydrogens (primary N) is 1. The van der Waals surface area contributed by atoms with Gasteiger partial charge in [-0.3, -0.25) is 9.69 Å². The van der Waals surface area contributed by atoms with Gasteiger partial charge in [-0.05, 0) is 54.0 Å². The lowest BCUT2D eigenvalue weighted by Crippen LogP contribution is -2.42. The van der Waals surface area contributed by atoms with Gasteiger partial charge in [0.15, 0.2) is 5.78 Å². The Morgan fingerprint density at radius 3 is 2.50 bits per heavy atom. The molecule has 2 heterocycles. The van der Waals surface area contributed by atoms with E-state index < -0.39 is 5.92 Å². The fourth-order valence-corrected chi connectivity index (χ4v) is 5.95.